The zero-order chi connectivity index (χ0) is 12.3. The molecular formula is C12H17N5. The highest BCUT2D eigenvalue weighted by Crippen LogP contribution is 2.13. The summed E-state index contributed by atoms with van der Waals surface area (Å²) in [5.74, 6) is 0.747. The van der Waals surface area contributed by atoms with Gasteiger partial charge in [-0.25, -0.2) is 0 Å². The smallest absolute Gasteiger partial charge is 0.175 e. The van der Waals surface area contributed by atoms with Crippen molar-refractivity contribution >= 4 is 0 Å². The summed E-state index contributed by atoms with van der Waals surface area (Å²) in [6.07, 6.45) is 1.67. The molecule has 0 aliphatic carbocycles. The lowest BCUT2D eigenvalue weighted by atomic mass is 10.1. The predicted octanol–water partition coefficient (Wildman–Crippen LogP) is 1.17. The number of nitrogens with zero attached hydrogens (tertiary/aromatic N) is 4. The molecule has 0 spiro atoms. The second-order valence-electron chi connectivity index (χ2n) is 4.18. The molecular weight excluding hydrogens is 214 g/mol. The Morgan fingerprint density at radius 2 is 2.12 bits per heavy atom. The fraction of sp³-hybridized carbons (Fsp3) is 0.417. The van der Waals surface area contributed by atoms with Crippen LogP contribution in [0.15, 0.2) is 18.2 Å². The summed E-state index contributed by atoms with van der Waals surface area (Å²) < 4.78 is 0. The van der Waals surface area contributed by atoms with Gasteiger partial charge in [0.1, 0.15) is 0 Å². The van der Waals surface area contributed by atoms with Crippen LogP contribution in [0.25, 0.3) is 5.69 Å². The third kappa shape index (κ3) is 2.68. The number of hydrogen-bond donors (Lipinski definition) is 1. The third-order valence-corrected chi connectivity index (χ3v) is 2.64. The van der Waals surface area contributed by atoms with Gasteiger partial charge in [0.2, 0.25) is 0 Å². The molecule has 0 saturated heterocycles. The van der Waals surface area contributed by atoms with Crippen LogP contribution < -0.4 is 5.73 Å². The maximum atomic E-state index is 5.46. The first-order chi connectivity index (χ1) is 8.20. The van der Waals surface area contributed by atoms with Crippen LogP contribution in [0.2, 0.25) is 0 Å². The average Bonchev–Trinajstić information content (AvgIpc) is 2.78. The molecule has 17 heavy (non-hydrogen) atoms. The van der Waals surface area contributed by atoms with Gasteiger partial charge in [-0.05, 0) is 49.2 Å². The second kappa shape index (κ2) is 5.05. The van der Waals surface area contributed by atoms with Gasteiger partial charge in [-0.2, -0.15) is 0 Å². The highest BCUT2D eigenvalue weighted by atomic mass is 15.6. The largest absolute Gasteiger partial charge is 0.330 e. The van der Waals surface area contributed by atoms with E-state index in [9.17, 15) is 0 Å². The van der Waals surface area contributed by atoms with Crippen molar-refractivity contribution in [2.24, 2.45) is 5.73 Å². The summed E-state index contributed by atoms with van der Waals surface area (Å²) in [5, 5.41) is 12.5. The highest BCUT2D eigenvalue weighted by molar-refractivity contribution is 5.41. The second-order valence-corrected chi connectivity index (χ2v) is 4.18. The lowest BCUT2D eigenvalue weighted by Crippen LogP contribution is -2.03. The Kier molecular flexibility index (Phi) is 3.49. The van der Waals surface area contributed by atoms with Crippen molar-refractivity contribution in [1.82, 2.24) is 20.2 Å². The van der Waals surface area contributed by atoms with E-state index in [0.29, 0.717) is 6.54 Å². The summed E-state index contributed by atoms with van der Waals surface area (Å²) in [4.78, 5) is 1.59. The van der Waals surface area contributed by atoms with Crippen LogP contribution in [0.1, 0.15) is 23.4 Å². The predicted molar refractivity (Wildman–Crippen MR) is 66.0 cm³/mol. The van der Waals surface area contributed by atoms with Gasteiger partial charge in [-0.3, -0.25) is 0 Å². The van der Waals surface area contributed by atoms with Gasteiger partial charge in [0.05, 0.1) is 5.69 Å². The molecule has 0 aliphatic heterocycles. The van der Waals surface area contributed by atoms with Crippen molar-refractivity contribution in [2.75, 3.05) is 6.54 Å². The van der Waals surface area contributed by atoms with Gasteiger partial charge in [-0.15, -0.1) is 15.0 Å². The summed E-state index contributed by atoms with van der Waals surface area (Å²) in [7, 11) is 0. The molecule has 0 fully saturated rings. The van der Waals surface area contributed by atoms with E-state index in [1.54, 1.807) is 4.80 Å². The van der Waals surface area contributed by atoms with Crippen molar-refractivity contribution in [3.05, 3.63) is 35.2 Å². The number of benzene rings is 1. The molecule has 2 aromatic rings. The van der Waals surface area contributed by atoms with E-state index >= 15 is 0 Å². The van der Waals surface area contributed by atoms with Gasteiger partial charge in [-0.1, -0.05) is 12.1 Å². The van der Waals surface area contributed by atoms with Gasteiger partial charge in [0.25, 0.3) is 0 Å². The number of rotatable bonds is 4. The molecule has 2 N–H and O–H groups in total. The topological polar surface area (TPSA) is 69.6 Å². The molecule has 2 rings (SSSR count). The van der Waals surface area contributed by atoms with E-state index in [2.05, 4.69) is 40.5 Å². The van der Waals surface area contributed by atoms with Crippen LogP contribution in [0.5, 0.6) is 0 Å². The van der Waals surface area contributed by atoms with E-state index < -0.39 is 0 Å². The summed E-state index contributed by atoms with van der Waals surface area (Å²) in [5.41, 5.74) is 8.76. The van der Waals surface area contributed by atoms with Crippen molar-refractivity contribution < 1.29 is 0 Å². The van der Waals surface area contributed by atoms with Gasteiger partial charge < -0.3 is 5.73 Å². The van der Waals surface area contributed by atoms with Crippen LogP contribution in [0.3, 0.4) is 0 Å². The van der Waals surface area contributed by atoms with Crippen LogP contribution >= 0.6 is 0 Å². The summed E-state index contributed by atoms with van der Waals surface area (Å²) >= 11 is 0. The summed E-state index contributed by atoms with van der Waals surface area (Å²) in [6.45, 7) is 4.74. The Balaban J connectivity index is 2.27. The number of hydrogen-bond acceptors (Lipinski definition) is 4. The van der Waals surface area contributed by atoms with Crippen molar-refractivity contribution in [2.45, 2.75) is 26.7 Å². The quantitative estimate of drug-likeness (QED) is 0.857. The minimum Gasteiger partial charge on any atom is -0.330 e. The lowest BCUT2D eigenvalue weighted by molar-refractivity contribution is 0.710. The molecule has 1 aromatic carbocycles. The first kappa shape index (κ1) is 11.7. The number of aromatic nitrogens is 4. The lowest BCUT2D eigenvalue weighted by Gasteiger charge is -2.04. The third-order valence-electron chi connectivity index (χ3n) is 2.64. The number of aryl methyl sites for hydroxylation is 3. The van der Waals surface area contributed by atoms with Crippen LogP contribution in [-0.2, 0) is 6.42 Å². The molecule has 5 nitrogen and oxygen atoms in total. The van der Waals surface area contributed by atoms with Gasteiger partial charge in [0, 0.05) is 6.42 Å². The minimum absolute atomic E-state index is 0.651. The van der Waals surface area contributed by atoms with Gasteiger partial charge in [0.15, 0.2) is 5.82 Å². The van der Waals surface area contributed by atoms with Crippen molar-refractivity contribution in [1.29, 1.82) is 0 Å². The van der Waals surface area contributed by atoms with E-state index in [4.69, 9.17) is 5.73 Å². The van der Waals surface area contributed by atoms with Crippen LogP contribution in [-0.4, -0.2) is 26.8 Å². The molecule has 1 heterocycles. The molecule has 0 aliphatic rings. The molecule has 0 bridgehead atoms. The molecule has 0 radical (unpaired) electrons. The normalized spacial score (nSPS) is 10.8. The summed E-state index contributed by atoms with van der Waals surface area (Å²) in [6, 6.07) is 6.20. The maximum Gasteiger partial charge on any atom is 0.175 e. The van der Waals surface area contributed by atoms with Crippen LogP contribution in [0, 0.1) is 13.8 Å². The monoisotopic (exact) mass is 231 g/mol. The van der Waals surface area contributed by atoms with Crippen LogP contribution in [0.4, 0.5) is 0 Å². The Morgan fingerprint density at radius 1 is 1.29 bits per heavy atom. The van der Waals surface area contributed by atoms with E-state index in [1.165, 1.54) is 5.56 Å². The Hall–Kier alpha value is -1.75. The zero-order valence-electron chi connectivity index (χ0n) is 10.2. The fourth-order valence-corrected chi connectivity index (χ4v) is 1.64. The molecule has 0 amide bonds. The van der Waals surface area contributed by atoms with E-state index in [0.717, 1.165) is 29.9 Å². The van der Waals surface area contributed by atoms with E-state index in [-0.39, 0.29) is 0 Å². The number of tetrazole rings is 1. The number of nitrogens with two attached hydrogens (primary N) is 1. The maximum absolute atomic E-state index is 5.46. The molecule has 0 saturated carbocycles. The zero-order valence-corrected chi connectivity index (χ0v) is 10.2. The van der Waals surface area contributed by atoms with Crippen molar-refractivity contribution in [3.63, 3.8) is 0 Å². The van der Waals surface area contributed by atoms with E-state index in [1.807, 2.05) is 6.92 Å². The molecule has 90 valence electrons. The molecule has 5 heteroatoms. The fourth-order valence-electron chi connectivity index (χ4n) is 1.64. The molecule has 1 aromatic heterocycles. The molecule has 0 unspecified atom stereocenters. The average molecular weight is 231 g/mol. The molecule has 0 atom stereocenters. The first-order valence-corrected chi connectivity index (χ1v) is 5.77. The Morgan fingerprint density at radius 3 is 2.88 bits per heavy atom. The Bertz CT molecular complexity index is 503. The SMILES string of the molecule is Cc1ccc(C)c(-n2nnc(CCCN)n2)c1. The Labute approximate surface area is 101 Å². The van der Waals surface area contributed by atoms with Crippen molar-refractivity contribution in [3.8, 4) is 5.69 Å². The standard InChI is InChI=1S/C12H17N5/c1-9-5-6-10(2)11(8-9)17-15-12(14-16-17)4-3-7-13/h5-6,8H,3-4,7,13H2,1-2H3. The van der Waals surface area contributed by atoms with Gasteiger partial charge >= 0.3 is 0 Å². The first-order valence-electron chi connectivity index (χ1n) is 5.77. The highest BCUT2D eigenvalue weighted by Gasteiger charge is 2.06. The minimum atomic E-state index is 0.651.